The molecule has 0 aliphatic carbocycles. The summed E-state index contributed by atoms with van der Waals surface area (Å²) in [5, 5.41) is 3.41. The smallest absolute Gasteiger partial charge is 0.0634 e. The molecule has 1 heterocycles. The Labute approximate surface area is 106 Å². The van der Waals surface area contributed by atoms with E-state index in [2.05, 4.69) is 31.0 Å². The fraction of sp³-hybridized carbons (Fsp3) is 1.00. The van der Waals surface area contributed by atoms with Crippen molar-refractivity contribution in [2.45, 2.75) is 38.8 Å². The molecule has 0 aromatic heterocycles. The lowest BCUT2D eigenvalue weighted by Gasteiger charge is -2.37. The molecule has 0 spiro atoms. The molecule has 4 nitrogen and oxygen atoms in total. The molecule has 1 N–H and O–H groups in total. The summed E-state index contributed by atoms with van der Waals surface area (Å²) >= 11 is 0. The second kappa shape index (κ2) is 7.31. The van der Waals surface area contributed by atoms with Crippen LogP contribution in [0, 0.1) is 0 Å². The highest BCUT2D eigenvalue weighted by atomic mass is 16.5. The number of methoxy groups -OCH3 is 1. The zero-order valence-corrected chi connectivity index (χ0v) is 11.8. The van der Waals surface area contributed by atoms with E-state index in [0.717, 1.165) is 45.8 Å². The first-order chi connectivity index (χ1) is 8.09. The molecule has 1 unspecified atom stereocenters. The standard InChI is InChI=1S/C13H28N2O2/c1-5-14-10-12-11-17-9-8-15(12)7-6-13(2,3)16-4/h12,14H,5-11H2,1-4H3. The van der Waals surface area contributed by atoms with Crippen LogP contribution in [0.25, 0.3) is 0 Å². The second-order valence-corrected chi connectivity index (χ2v) is 5.29. The summed E-state index contributed by atoms with van der Waals surface area (Å²) < 4.78 is 11.0. The van der Waals surface area contributed by atoms with E-state index in [4.69, 9.17) is 9.47 Å². The second-order valence-electron chi connectivity index (χ2n) is 5.29. The summed E-state index contributed by atoms with van der Waals surface area (Å²) in [6, 6.07) is 0.511. The predicted octanol–water partition coefficient (Wildman–Crippen LogP) is 1.11. The molecule has 17 heavy (non-hydrogen) atoms. The summed E-state index contributed by atoms with van der Waals surface area (Å²) in [7, 11) is 1.79. The van der Waals surface area contributed by atoms with Gasteiger partial charge >= 0.3 is 0 Å². The van der Waals surface area contributed by atoms with Crippen molar-refractivity contribution >= 4 is 0 Å². The predicted molar refractivity (Wildman–Crippen MR) is 70.4 cm³/mol. The third kappa shape index (κ3) is 5.34. The SMILES string of the molecule is CCNCC1COCCN1CCC(C)(C)OC. The van der Waals surface area contributed by atoms with Gasteiger partial charge in [0.25, 0.3) is 0 Å². The zero-order valence-electron chi connectivity index (χ0n) is 11.8. The molecule has 1 aliphatic rings. The number of nitrogens with zero attached hydrogens (tertiary/aromatic N) is 1. The van der Waals surface area contributed by atoms with Crippen LogP contribution in [-0.4, -0.2) is 63.0 Å². The van der Waals surface area contributed by atoms with Crippen LogP contribution >= 0.6 is 0 Å². The van der Waals surface area contributed by atoms with E-state index in [-0.39, 0.29) is 5.60 Å². The maximum absolute atomic E-state index is 5.55. The lowest BCUT2D eigenvalue weighted by molar-refractivity contribution is -0.0315. The minimum Gasteiger partial charge on any atom is -0.379 e. The van der Waals surface area contributed by atoms with Crippen molar-refractivity contribution in [3.63, 3.8) is 0 Å². The lowest BCUT2D eigenvalue weighted by Crippen LogP contribution is -2.51. The molecule has 1 atom stereocenters. The highest BCUT2D eigenvalue weighted by Crippen LogP contribution is 2.16. The summed E-state index contributed by atoms with van der Waals surface area (Å²) in [5.41, 5.74) is -0.0267. The molecule has 0 saturated carbocycles. The Bertz CT molecular complexity index is 210. The van der Waals surface area contributed by atoms with E-state index in [1.807, 2.05) is 0 Å². The molecule has 1 saturated heterocycles. The molecule has 0 bridgehead atoms. The minimum atomic E-state index is -0.0267. The normalized spacial score (nSPS) is 22.9. The van der Waals surface area contributed by atoms with Crippen molar-refractivity contribution in [1.82, 2.24) is 10.2 Å². The molecule has 0 aromatic rings. The van der Waals surface area contributed by atoms with E-state index in [1.165, 1.54) is 0 Å². The minimum absolute atomic E-state index is 0.0267. The number of hydrogen-bond donors (Lipinski definition) is 1. The van der Waals surface area contributed by atoms with Crippen molar-refractivity contribution in [1.29, 1.82) is 0 Å². The van der Waals surface area contributed by atoms with Gasteiger partial charge in [0.1, 0.15) is 0 Å². The Morgan fingerprint density at radius 2 is 2.24 bits per heavy atom. The van der Waals surface area contributed by atoms with Crippen LogP contribution in [0.15, 0.2) is 0 Å². The molecular formula is C13H28N2O2. The summed E-state index contributed by atoms with van der Waals surface area (Å²) in [4.78, 5) is 2.52. The van der Waals surface area contributed by atoms with Crippen LogP contribution in [-0.2, 0) is 9.47 Å². The van der Waals surface area contributed by atoms with Crippen LogP contribution in [0.3, 0.4) is 0 Å². The van der Waals surface area contributed by atoms with Gasteiger partial charge in [-0.2, -0.15) is 0 Å². The lowest BCUT2D eigenvalue weighted by atomic mass is 10.0. The van der Waals surface area contributed by atoms with Gasteiger partial charge in [-0.05, 0) is 26.8 Å². The van der Waals surface area contributed by atoms with Gasteiger partial charge in [0.2, 0.25) is 0 Å². The Morgan fingerprint density at radius 1 is 1.47 bits per heavy atom. The summed E-state index contributed by atoms with van der Waals surface area (Å²) in [6.07, 6.45) is 1.06. The highest BCUT2D eigenvalue weighted by Gasteiger charge is 2.25. The van der Waals surface area contributed by atoms with E-state index >= 15 is 0 Å². The molecule has 1 rings (SSSR count). The molecule has 1 aliphatic heterocycles. The van der Waals surface area contributed by atoms with Crippen LogP contribution < -0.4 is 5.32 Å². The molecule has 1 fully saturated rings. The number of ether oxygens (including phenoxy) is 2. The van der Waals surface area contributed by atoms with Crippen LogP contribution in [0.2, 0.25) is 0 Å². The van der Waals surface area contributed by atoms with E-state index in [0.29, 0.717) is 6.04 Å². The van der Waals surface area contributed by atoms with Gasteiger partial charge in [0.15, 0.2) is 0 Å². The Balaban J connectivity index is 2.37. The Morgan fingerprint density at radius 3 is 2.88 bits per heavy atom. The average molecular weight is 244 g/mol. The zero-order chi connectivity index (χ0) is 12.7. The monoisotopic (exact) mass is 244 g/mol. The summed E-state index contributed by atoms with van der Waals surface area (Å²) in [5.74, 6) is 0. The largest absolute Gasteiger partial charge is 0.379 e. The molecule has 0 radical (unpaired) electrons. The number of morpholine rings is 1. The van der Waals surface area contributed by atoms with Crippen molar-refractivity contribution in [2.24, 2.45) is 0 Å². The van der Waals surface area contributed by atoms with Crippen molar-refractivity contribution in [3.8, 4) is 0 Å². The van der Waals surface area contributed by atoms with Gasteiger partial charge in [-0.3, -0.25) is 4.90 Å². The van der Waals surface area contributed by atoms with Gasteiger partial charge < -0.3 is 14.8 Å². The van der Waals surface area contributed by atoms with E-state index < -0.39 is 0 Å². The Kier molecular flexibility index (Phi) is 6.41. The van der Waals surface area contributed by atoms with Gasteiger partial charge in [0, 0.05) is 32.8 Å². The average Bonchev–Trinajstić information content (AvgIpc) is 2.35. The van der Waals surface area contributed by atoms with Crippen molar-refractivity contribution < 1.29 is 9.47 Å². The number of nitrogens with one attached hydrogen (secondary N) is 1. The van der Waals surface area contributed by atoms with Crippen LogP contribution in [0.1, 0.15) is 27.2 Å². The van der Waals surface area contributed by atoms with Crippen LogP contribution in [0.4, 0.5) is 0 Å². The fourth-order valence-corrected chi connectivity index (χ4v) is 2.00. The van der Waals surface area contributed by atoms with E-state index in [9.17, 15) is 0 Å². The van der Waals surface area contributed by atoms with Gasteiger partial charge in [-0.25, -0.2) is 0 Å². The Hall–Kier alpha value is -0.160. The molecule has 4 heteroatoms. The van der Waals surface area contributed by atoms with Crippen LogP contribution in [0.5, 0.6) is 0 Å². The highest BCUT2D eigenvalue weighted by molar-refractivity contribution is 4.80. The topological polar surface area (TPSA) is 33.7 Å². The van der Waals surface area contributed by atoms with Gasteiger partial charge in [-0.15, -0.1) is 0 Å². The van der Waals surface area contributed by atoms with E-state index in [1.54, 1.807) is 7.11 Å². The first-order valence-electron chi connectivity index (χ1n) is 6.66. The third-order valence-electron chi connectivity index (χ3n) is 3.53. The molecule has 0 aromatic carbocycles. The molecule has 0 amide bonds. The number of hydrogen-bond acceptors (Lipinski definition) is 4. The molecular weight excluding hydrogens is 216 g/mol. The van der Waals surface area contributed by atoms with Gasteiger partial charge in [0.05, 0.1) is 18.8 Å². The quantitative estimate of drug-likeness (QED) is 0.727. The van der Waals surface area contributed by atoms with Crippen molar-refractivity contribution in [2.75, 3.05) is 46.5 Å². The van der Waals surface area contributed by atoms with Crippen molar-refractivity contribution in [3.05, 3.63) is 0 Å². The number of likely N-dealkylation sites (N-methyl/N-ethyl adjacent to an activating group) is 1. The fourth-order valence-electron chi connectivity index (χ4n) is 2.00. The first-order valence-corrected chi connectivity index (χ1v) is 6.66. The third-order valence-corrected chi connectivity index (χ3v) is 3.53. The number of rotatable bonds is 7. The van der Waals surface area contributed by atoms with Gasteiger partial charge in [-0.1, -0.05) is 6.92 Å². The summed E-state index contributed by atoms with van der Waals surface area (Å²) in [6.45, 7) is 12.3. The molecule has 102 valence electrons. The first kappa shape index (κ1) is 14.9. The maximum atomic E-state index is 5.55. The maximum Gasteiger partial charge on any atom is 0.0634 e.